The van der Waals surface area contributed by atoms with E-state index in [1.807, 2.05) is 52.0 Å². The minimum absolute atomic E-state index is 0.327. The fourth-order valence-corrected chi connectivity index (χ4v) is 2.18. The fourth-order valence-electron chi connectivity index (χ4n) is 2.18. The van der Waals surface area contributed by atoms with Crippen molar-refractivity contribution in [3.8, 4) is 16.9 Å². The second-order valence-electron chi connectivity index (χ2n) is 6.27. The first-order valence-corrected chi connectivity index (χ1v) is 7.66. The second kappa shape index (κ2) is 6.73. The van der Waals surface area contributed by atoms with E-state index < -0.39 is 5.60 Å². The third kappa shape index (κ3) is 4.49. The van der Waals surface area contributed by atoms with Gasteiger partial charge in [0, 0.05) is 17.3 Å². The highest BCUT2D eigenvalue weighted by Gasteiger charge is 2.18. The first-order valence-electron chi connectivity index (χ1n) is 7.66. The molecule has 2 N–H and O–H groups in total. The molecule has 0 radical (unpaired) electrons. The van der Waals surface area contributed by atoms with E-state index in [1.165, 1.54) is 0 Å². The van der Waals surface area contributed by atoms with Crippen LogP contribution >= 0.6 is 0 Å². The molecule has 0 saturated heterocycles. The average Bonchev–Trinajstić information content (AvgIpc) is 2.46. The van der Waals surface area contributed by atoms with E-state index in [0.717, 1.165) is 16.9 Å². The van der Waals surface area contributed by atoms with E-state index in [4.69, 9.17) is 15.2 Å². The van der Waals surface area contributed by atoms with Crippen molar-refractivity contribution in [3.63, 3.8) is 0 Å². The molecule has 2 rings (SSSR count). The van der Waals surface area contributed by atoms with Crippen molar-refractivity contribution in [1.29, 1.82) is 0 Å². The van der Waals surface area contributed by atoms with Crippen LogP contribution in [0.3, 0.4) is 0 Å². The molecule has 0 spiro atoms. The summed E-state index contributed by atoms with van der Waals surface area (Å²) in [7, 11) is 0. The molecule has 0 bridgehead atoms. The van der Waals surface area contributed by atoms with Gasteiger partial charge in [-0.05, 0) is 57.5 Å². The minimum Gasteiger partial charge on any atom is -0.493 e. The van der Waals surface area contributed by atoms with Crippen LogP contribution in [0.2, 0.25) is 0 Å². The van der Waals surface area contributed by atoms with Gasteiger partial charge in [0.2, 0.25) is 0 Å². The molecular weight excluding hydrogens is 290 g/mol. The standard InChI is InChI=1S/C19H23NO3/c1-5-22-17-12-15(20)10-11-16(17)13-6-8-14(9-7-13)18(21)23-19(2,3)4/h6-12H,5,20H2,1-4H3. The number of hydrogen-bond donors (Lipinski definition) is 1. The van der Waals surface area contributed by atoms with Crippen molar-refractivity contribution in [2.75, 3.05) is 12.3 Å². The zero-order valence-corrected chi connectivity index (χ0v) is 14.1. The largest absolute Gasteiger partial charge is 0.493 e. The van der Waals surface area contributed by atoms with Gasteiger partial charge in [-0.3, -0.25) is 0 Å². The van der Waals surface area contributed by atoms with E-state index in [9.17, 15) is 4.79 Å². The van der Waals surface area contributed by atoms with Crippen LogP contribution in [0.1, 0.15) is 38.1 Å². The first-order chi connectivity index (χ1) is 10.8. The predicted octanol–water partition coefficient (Wildman–Crippen LogP) is 4.29. The van der Waals surface area contributed by atoms with E-state index >= 15 is 0 Å². The van der Waals surface area contributed by atoms with Crippen LogP contribution in [0.15, 0.2) is 42.5 Å². The Labute approximate surface area is 137 Å². The van der Waals surface area contributed by atoms with Gasteiger partial charge >= 0.3 is 5.97 Å². The maximum atomic E-state index is 12.1. The predicted molar refractivity (Wildman–Crippen MR) is 92.6 cm³/mol. The normalized spacial score (nSPS) is 11.1. The molecule has 23 heavy (non-hydrogen) atoms. The number of rotatable bonds is 4. The lowest BCUT2D eigenvalue weighted by molar-refractivity contribution is 0.00696. The van der Waals surface area contributed by atoms with Gasteiger partial charge in [-0.1, -0.05) is 12.1 Å². The number of esters is 1. The Bertz CT molecular complexity index is 685. The number of nitrogens with two attached hydrogens (primary N) is 1. The van der Waals surface area contributed by atoms with Crippen LogP contribution in [0, 0.1) is 0 Å². The summed E-state index contributed by atoms with van der Waals surface area (Å²) in [6.07, 6.45) is 0. The molecule has 0 aliphatic rings. The van der Waals surface area contributed by atoms with Crippen molar-refractivity contribution in [3.05, 3.63) is 48.0 Å². The molecule has 2 aromatic rings. The number of carbonyl (C=O) groups is 1. The van der Waals surface area contributed by atoms with Crippen molar-refractivity contribution < 1.29 is 14.3 Å². The van der Waals surface area contributed by atoms with Gasteiger partial charge in [0.25, 0.3) is 0 Å². The Hall–Kier alpha value is -2.49. The summed E-state index contributed by atoms with van der Waals surface area (Å²) >= 11 is 0. The summed E-state index contributed by atoms with van der Waals surface area (Å²) in [4.78, 5) is 12.1. The first kappa shape index (κ1) is 16.9. The molecule has 0 amide bonds. The topological polar surface area (TPSA) is 61.5 Å². The van der Waals surface area contributed by atoms with Crippen LogP contribution in [0.5, 0.6) is 5.75 Å². The van der Waals surface area contributed by atoms with Crippen LogP contribution in [0.4, 0.5) is 5.69 Å². The number of anilines is 1. The Morgan fingerprint density at radius 1 is 1.09 bits per heavy atom. The Morgan fingerprint density at radius 3 is 2.30 bits per heavy atom. The SMILES string of the molecule is CCOc1cc(N)ccc1-c1ccc(C(=O)OC(C)(C)C)cc1. The molecule has 0 atom stereocenters. The maximum absolute atomic E-state index is 12.1. The molecule has 4 heteroatoms. The molecule has 0 saturated carbocycles. The summed E-state index contributed by atoms with van der Waals surface area (Å²) in [5, 5.41) is 0. The van der Waals surface area contributed by atoms with Crippen molar-refractivity contribution in [2.45, 2.75) is 33.3 Å². The van der Waals surface area contributed by atoms with Gasteiger partial charge in [-0.25, -0.2) is 4.79 Å². The van der Waals surface area contributed by atoms with Gasteiger partial charge in [0.05, 0.1) is 12.2 Å². The van der Waals surface area contributed by atoms with Crippen molar-refractivity contribution in [1.82, 2.24) is 0 Å². The lowest BCUT2D eigenvalue weighted by atomic mass is 10.0. The molecule has 122 valence electrons. The molecule has 2 aromatic carbocycles. The van der Waals surface area contributed by atoms with Crippen LogP contribution in [-0.4, -0.2) is 18.2 Å². The van der Waals surface area contributed by atoms with Gasteiger partial charge in [-0.15, -0.1) is 0 Å². The summed E-state index contributed by atoms with van der Waals surface area (Å²) in [5.41, 5.74) is 8.39. The molecule has 0 aliphatic heterocycles. The van der Waals surface area contributed by atoms with E-state index in [1.54, 1.807) is 18.2 Å². The van der Waals surface area contributed by atoms with Crippen LogP contribution in [-0.2, 0) is 4.74 Å². The molecule has 0 aromatic heterocycles. The molecule has 0 unspecified atom stereocenters. The Balaban J connectivity index is 2.28. The number of benzene rings is 2. The highest BCUT2D eigenvalue weighted by atomic mass is 16.6. The van der Waals surface area contributed by atoms with E-state index in [-0.39, 0.29) is 5.97 Å². The maximum Gasteiger partial charge on any atom is 0.338 e. The van der Waals surface area contributed by atoms with Crippen molar-refractivity contribution >= 4 is 11.7 Å². The summed E-state index contributed by atoms with van der Waals surface area (Å²) in [5.74, 6) is 0.406. The highest BCUT2D eigenvalue weighted by molar-refractivity contribution is 5.90. The molecule has 0 aliphatic carbocycles. The quantitative estimate of drug-likeness (QED) is 0.675. The smallest absolute Gasteiger partial charge is 0.338 e. The van der Waals surface area contributed by atoms with E-state index in [2.05, 4.69) is 0 Å². The second-order valence-corrected chi connectivity index (χ2v) is 6.27. The highest BCUT2D eigenvalue weighted by Crippen LogP contribution is 2.32. The number of ether oxygens (including phenoxy) is 2. The minimum atomic E-state index is -0.505. The van der Waals surface area contributed by atoms with Gasteiger partial charge in [0.15, 0.2) is 0 Å². The summed E-state index contributed by atoms with van der Waals surface area (Å²) < 4.78 is 11.0. The van der Waals surface area contributed by atoms with Crippen LogP contribution < -0.4 is 10.5 Å². The average molecular weight is 313 g/mol. The molecule has 0 heterocycles. The van der Waals surface area contributed by atoms with E-state index in [0.29, 0.717) is 17.9 Å². The third-order valence-electron chi connectivity index (χ3n) is 3.14. The van der Waals surface area contributed by atoms with Gasteiger partial charge in [0.1, 0.15) is 11.4 Å². The zero-order valence-electron chi connectivity index (χ0n) is 14.1. The molecule has 4 nitrogen and oxygen atoms in total. The van der Waals surface area contributed by atoms with Gasteiger partial charge in [-0.2, -0.15) is 0 Å². The lowest BCUT2D eigenvalue weighted by Gasteiger charge is -2.19. The zero-order chi connectivity index (χ0) is 17.0. The Morgan fingerprint density at radius 2 is 1.74 bits per heavy atom. The number of carbonyl (C=O) groups excluding carboxylic acids is 1. The lowest BCUT2D eigenvalue weighted by Crippen LogP contribution is -2.23. The number of hydrogen-bond acceptors (Lipinski definition) is 4. The van der Waals surface area contributed by atoms with Gasteiger partial charge < -0.3 is 15.2 Å². The molecular formula is C19H23NO3. The Kier molecular flexibility index (Phi) is 4.94. The molecule has 0 fully saturated rings. The van der Waals surface area contributed by atoms with Crippen molar-refractivity contribution in [2.24, 2.45) is 0 Å². The monoisotopic (exact) mass is 313 g/mol. The number of nitrogen functional groups attached to an aromatic ring is 1. The third-order valence-corrected chi connectivity index (χ3v) is 3.14. The summed E-state index contributed by atoms with van der Waals surface area (Å²) in [6, 6.07) is 12.8. The summed E-state index contributed by atoms with van der Waals surface area (Å²) in [6.45, 7) is 8.04. The van der Waals surface area contributed by atoms with Crippen LogP contribution in [0.25, 0.3) is 11.1 Å². The fraction of sp³-hybridized carbons (Fsp3) is 0.316.